The molecule has 4 rings (SSSR count). The molecule has 0 saturated carbocycles. The van der Waals surface area contributed by atoms with E-state index in [0.717, 1.165) is 14.0 Å². The highest BCUT2D eigenvalue weighted by atomic mass is 79.9. The second-order valence-electron chi connectivity index (χ2n) is 9.16. The summed E-state index contributed by atoms with van der Waals surface area (Å²) in [5.41, 5.74) is 4.36. The molecule has 1 fully saturated rings. The van der Waals surface area contributed by atoms with Gasteiger partial charge in [0.15, 0.2) is 0 Å². The van der Waals surface area contributed by atoms with Gasteiger partial charge in [-0.05, 0) is 44.6 Å². The first kappa shape index (κ1) is 22.1. The summed E-state index contributed by atoms with van der Waals surface area (Å²) in [4.78, 5) is 28.7. The predicted octanol–water partition coefficient (Wildman–Crippen LogP) is 5.12. The Kier molecular flexibility index (Phi) is 6.01. The molecule has 31 heavy (non-hydrogen) atoms. The molecular weight excluding hydrogens is 474 g/mol. The van der Waals surface area contributed by atoms with Gasteiger partial charge in [-0.15, -0.1) is 11.3 Å². The van der Waals surface area contributed by atoms with Crippen molar-refractivity contribution in [2.75, 3.05) is 26.2 Å². The van der Waals surface area contributed by atoms with E-state index in [1.807, 2.05) is 11.0 Å². The van der Waals surface area contributed by atoms with E-state index in [2.05, 4.69) is 71.6 Å². The van der Waals surface area contributed by atoms with Crippen molar-refractivity contribution in [3.63, 3.8) is 0 Å². The summed E-state index contributed by atoms with van der Waals surface area (Å²) < 4.78 is 4.29. The van der Waals surface area contributed by atoms with E-state index in [9.17, 15) is 9.59 Å². The van der Waals surface area contributed by atoms with Crippen LogP contribution in [0.2, 0.25) is 0 Å². The van der Waals surface area contributed by atoms with E-state index >= 15 is 0 Å². The van der Waals surface area contributed by atoms with Crippen molar-refractivity contribution in [3.8, 4) is 0 Å². The molecule has 5 nitrogen and oxygen atoms in total. The number of carbonyl (C=O) groups is 2. The lowest BCUT2D eigenvalue weighted by Gasteiger charge is -2.34. The minimum absolute atomic E-state index is 0.0361. The summed E-state index contributed by atoms with van der Waals surface area (Å²) >= 11 is 5.23. The van der Waals surface area contributed by atoms with Crippen LogP contribution in [0.1, 0.15) is 49.3 Å². The molecular formula is C24H28BrN3O2S. The third kappa shape index (κ3) is 4.58. The molecule has 1 aromatic carbocycles. The van der Waals surface area contributed by atoms with Gasteiger partial charge in [-0.3, -0.25) is 9.59 Å². The fraction of sp³-hybridized carbons (Fsp3) is 0.417. The number of benzene rings is 1. The monoisotopic (exact) mass is 501 g/mol. The Bertz CT molecular complexity index is 1120. The zero-order chi connectivity index (χ0) is 22.3. The molecule has 0 radical (unpaired) electrons. The lowest BCUT2D eigenvalue weighted by molar-refractivity contribution is -0.130. The normalized spacial score (nSPS) is 15.0. The molecule has 0 spiro atoms. The van der Waals surface area contributed by atoms with Gasteiger partial charge in [0.05, 0.1) is 14.0 Å². The first-order valence-electron chi connectivity index (χ1n) is 10.6. The lowest BCUT2D eigenvalue weighted by atomic mass is 9.87. The molecule has 0 bridgehead atoms. The van der Waals surface area contributed by atoms with E-state index < -0.39 is 0 Å². The highest BCUT2D eigenvalue weighted by Gasteiger charge is 2.27. The van der Waals surface area contributed by atoms with Crippen LogP contribution >= 0.6 is 27.3 Å². The molecule has 0 N–H and O–H groups in total. The zero-order valence-electron chi connectivity index (χ0n) is 18.4. The molecule has 3 heterocycles. The third-order valence-electron chi connectivity index (χ3n) is 5.95. The van der Waals surface area contributed by atoms with Crippen LogP contribution in [-0.2, 0) is 16.8 Å². The van der Waals surface area contributed by atoms with Crippen molar-refractivity contribution in [2.24, 2.45) is 0 Å². The number of piperazine rings is 1. The van der Waals surface area contributed by atoms with Crippen molar-refractivity contribution in [3.05, 3.63) is 57.0 Å². The first-order valence-corrected chi connectivity index (χ1v) is 12.2. The van der Waals surface area contributed by atoms with E-state index in [0.29, 0.717) is 38.4 Å². The smallest absolute Gasteiger partial charge is 0.270 e. The number of carbonyl (C=O) groups excluding carboxylic acids is 2. The Hall–Kier alpha value is -2.12. The Balaban J connectivity index is 1.63. The minimum Gasteiger partial charge on any atom is -0.339 e. The van der Waals surface area contributed by atoms with E-state index in [1.54, 1.807) is 23.2 Å². The number of halogens is 1. The molecule has 0 aliphatic carbocycles. The molecule has 3 aromatic rings. The van der Waals surface area contributed by atoms with Gasteiger partial charge < -0.3 is 14.4 Å². The topological polar surface area (TPSA) is 45.6 Å². The van der Waals surface area contributed by atoms with Crippen LogP contribution in [0.4, 0.5) is 0 Å². The second kappa shape index (κ2) is 8.43. The summed E-state index contributed by atoms with van der Waals surface area (Å²) in [7, 11) is 0. The number of fused-ring (bicyclic) bond motifs is 1. The standard InChI is InChI=1S/C24H28BrN3O2S/c1-16(29)26-9-11-27(12-10-26)23(30)20-13-21-19(14-22(25)31-21)28(20)15-17-5-7-18(8-6-17)24(2,3)4/h5-8,13-14H,9-12,15H2,1-4H3. The van der Waals surface area contributed by atoms with Gasteiger partial charge in [0.1, 0.15) is 5.69 Å². The molecule has 2 aromatic heterocycles. The lowest BCUT2D eigenvalue weighted by Crippen LogP contribution is -2.50. The van der Waals surface area contributed by atoms with Crippen LogP contribution < -0.4 is 0 Å². The number of nitrogens with zero attached hydrogens (tertiary/aromatic N) is 3. The Morgan fingerprint density at radius 3 is 2.19 bits per heavy atom. The molecule has 1 aliphatic heterocycles. The van der Waals surface area contributed by atoms with Gasteiger partial charge in [-0.2, -0.15) is 0 Å². The minimum atomic E-state index is 0.0361. The van der Waals surface area contributed by atoms with Gasteiger partial charge in [-0.25, -0.2) is 0 Å². The molecule has 0 atom stereocenters. The van der Waals surface area contributed by atoms with Gasteiger partial charge in [0, 0.05) is 39.6 Å². The molecule has 2 amide bonds. The van der Waals surface area contributed by atoms with Crippen LogP contribution in [0.25, 0.3) is 10.2 Å². The van der Waals surface area contributed by atoms with Crippen molar-refractivity contribution < 1.29 is 9.59 Å². The molecule has 0 unspecified atom stereocenters. The first-order chi connectivity index (χ1) is 14.6. The summed E-state index contributed by atoms with van der Waals surface area (Å²) in [5, 5.41) is 0. The summed E-state index contributed by atoms with van der Waals surface area (Å²) in [5.74, 6) is 0.105. The largest absolute Gasteiger partial charge is 0.339 e. The van der Waals surface area contributed by atoms with Gasteiger partial charge in [0.25, 0.3) is 5.91 Å². The molecule has 7 heteroatoms. The van der Waals surface area contributed by atoms with E-state index in [-0.39, 0.29) is 17.2 Å². The van der Waals surface area contributed by atoms with Crippen molar-refractivity contribution in [1.29, 1.82) is 0 Å². The number of hydrogen-bond donors (Lipinski definition) is 0. The maximum atomic E-state index is 13.4. The second-order valence-corrected chi connectivity index (χ2v) is 11.6. The average molecular weight is 502 g/mol. The quantitative estimate of drug-likeness (QED) is 0.500. The van der Waals surface area contributed by atoms with Crippen molar-refractivity contribution in [1.82, 2.24) is 14.4 Å². The number of amides is 2. The van der Waals surface area contributed by atoms with Gasteiger partial charge >= 0.3 is 0 Å². The molecule has 164 valence electrons. The summed E-state index contributed by atoms with van der Waals surface area (Å²) in [6.07, 6.45) is 0. The van der Waals surface area contributed by atoms with Crippen LogP contribution in [0, 0.1) is 0 Å². The van der Waals surface area contributed by atoms with Crippen LogP contribution in [0.5, 0.6) is 0 Å². The van der Waals surface area contributed by atoms with Crippen LogP contribution in [0.15, 0.2) is 40.2 Å². The number of hydrogen-bond acceptors (Lipinski definition) is 3. The zero-order valence-corrected chi connectivity index (χ0v) is 20.8. The van der Waals surface area contributed by atoms with E-state index in [4.69, 9.17) is 0 Å². The average Bonchev–Trinajstić information content (AvgIpc) is 3.24. The third-order valence-corrected chi connectivity index (χ3v) is 7.53. The molecule has 1 saturated heterocycles. The Morgan fingerprint density at radius 1 is 1.00 bits per heavy atom. The number of rotatable bonds is 3. The maximum Gasteiger partial charge on any atom is 0.270 e. The Labute approximate surface area is 195 Å². The highest BCUT2D eigenvalue weighted by Crippen LogP contribution is 2.33. The summed E-state index contributed by atoms with van der Waals surface area (Å²) in [6.45, 7) is 11.2. The van der Waals surface area contributed by atoms with Gasteiger partial charge in [0.2, 0.25) is 5.91 Å². The fourth-order valence-electron chi connectivity index (χ4n) is 4.04. The number of aromatic nitrogens is 1. The Morgan fingerprint density at radius 2 is 1.61 bits per heavy atom. The van der Waals surface area contributed by atoms with Crippen LogP contribution in [0.3, 0.4) is 0 Å². The number of thiophene rings is 1. The van der Waals surface area contributed by atoms with Gasteiger partial charge in [-0.1, -0.05) is 45.0 Å². The van der Waals surface area contributed by atoms with Crippen LogP contribution in [-0.4, -0.2) is 52.4 Å². The van der Waals surface area contributed by atoms with E-state index in [1.165, 1.54) is 11.1 Å². The van der Waals surface area contributed by atoms with Crippen molar-refractivity contribution in [2.45, 2.75) is 39.7 Å². The highest BCUT2D eigenvalue weighted by molar-refractivity contribution is 9.11. The predicted molar refractivity (Wildman–Crippen MR) is 130 cm³/mol. The summed E-state index contributed by atoms with van der Waals surface area (Å²) in [6, 6.07) is 12.8. The SMILES string of the molecule is CC(=O)N1CCN(C(=O)c2cc3sc(Br)cc3n2Cc2ccc(C(C)(C)C)cc2)CC1. The molecule has 1 aliphatic rings. The fourth-order valence-corrected chi connectivity index (χ4v) is 5.60. The van der Waals surface area contributed by atoms with Crippen molar-refractivity contribution >= 4 is 49.3 Å². The maximum absolute atomic E-state index is 13.4.